The highest BCUT2D eigenvalue weighted by atomic mass is 16.6. The Hall–Kier alpha value is -4.91. The number of nitrogens with zero attached hydrogens (tertiary/aromatic N) is 3. The Morgan fingerprint density at radius 2 is 1.30 bits per heavy atom. The molecule has 0 radical (unpaired) electrons. The van der Waals surface area contributed by atoms with Gasteiger partial charge in [0.05, 0.1) is 28.1 Å². The Balaban J connectivity index is 0.987. The molecule has 2 aromatic heterocycles. The Morgan fingerprint density at radius 1 is 0.705 bits per heavy atom. The van der Waals surface area contributed by atoms with E-state index < -0.39 is 0 Å². The second kappa shape index (κ2) is 11.3. The van der Waals surface area contributed by atoms with Crippen molar-refractivity contribution in [2.75, 3.05) is 6.54 Å². The number of rotatable bonds is 6. The van der Waals surface area contributed by atoms with Crippen LogP contribution >= 0.6 is 0 Å². The van der Waals surface area contributed by atoms with E-state index in [1.165, 1.54) is 36.8 Å². The molecule has 1 saturated carbocycles. The standard InChI is InChI=1S/C37H35N5O2/c43-37(44-23-24-7-2-1-3-8-24)42-20-6-11-34(42)36-39-31-19-17-29(22-33(31)41-36)26-14-12-25(13-15-26)28-16-18-30-32(21-28)40-35(38-30)27-9-4-5-10-27/h1-3,7-8,12-19,21-22,27,34H,4-6,9-11,20,23H2,(H,38,40)(H,39,41). The van der Waals surface area contributed by atoms with Gasteiger partial charge in [0.15, 0.2) is 0 Å². The lowest BCUT2D eigenvalue weighted by atomic mass is 10.00. The summed E-state index contributed by atoms with van der Waals surface area (Å²) < 4.78 is 5.64. The van der Waals surface area contributed by atoms with Crippen molar-refractivity contribution < 1.29 is 9.53 Å². The van der Waals surface area contributed by atoms with Crippen molar-refractivity contribution in [1.82, 2.24) is 24.8 Å². The fourth-order valence-electron chi connectivity index (χ4n) is 6.90. The monoisotopic (exact) mass is 581 g/mol. The molecule has 8 rings (SSSR count). The summed E-state index contributed by atoms with van der Waals surface area (Å²) in [5.74, 6) is 2.53. The second-order valence-corrected chi connectivity index (χ2v) is 12.2. The number of aromatic amines is 2. The van der Waals surface area contributed by atoms with E-state index in [9.17, 15) is 4.79 Å². The number of hydrogen-bond acceptors (Lipinski definition) is 4. The fourth-order valence-corrected chi connectivity index (χ4v) is 6.90. The molecular weight excluding hydrogens is 546 g/mol. The van der Waals surface area contributed by atoms with Gasteiger partial charge in [-0.05, 0) is 77.8 Å². The van der Waals surface area contributed by atoms with E-state index in [-0.39, 0.29) is 18.7 Å². The van der Waals surface area contributed by atoms with Gasteiger partial charge in [0.1, 0.15) is 18.3 Å². The molecule has 1 aliphatic heterocycles. The van der Waals surface area contributed by atoms with Gasteiger partial charge >= 0.3 is 6.09 Å². The van der Waals surface area contributed by atoms with Crippen molar-refractivity contribution >= 4 is 28.2 Å². The molecule has 220 valence electrons. The molecule has 3 heterocycles. The Bertz CT molecular complexity index is 1940. The smallest absolute Gasteiger partial charge is 0.410 e. The predicted molar refractivity (Wildman–Crippen MR) is 173 cm³/mol. The molecule has 2 fully saturated rings. The quantitative estimate of drug-likeness (QED) is 0.206. The Morgan fingerprint density at radius 3 is 1.95 bits per heavy atom. The Kier molecular flexibility index (Phi) is 6.86. The molecular formula is C37H35N5O2. The number of hydrogen-bond donors (Lipinski definition) is 2. The number of ether oxygens (including phenoxy) is 1. The van der Waals surface area contributed by atoms with Crippen LogP contribution < -0.4 is 0 Å². The zero-order chi connectivity index (χ0) is 29.5. The molecule has 2 aliphatic rings. The summed E-state index contributed by atoms with van der Waals surface area (Å²) in [7, 11) is 0. The summed E-state index contributed by atoms with van der Waals surface area (Å²) in [6.07, 6.45) is 6.58. The van der Waals surface area contributed by atoms with Crippen LogP contribution in [0.2, 0.25) is 0 Å². The molecule has 7 nitrogen and oxygen atoms in total. The van der Waals surface area contributed by atoms with Gasteiger partial charge in [0.2, 0.25) is 0 Å². The van der Waals surface area contributed by atoms with Gasteiger partial charge in [-0.1, -0.05) is 79.6 Å². The number of amides is 1. The second-order valence-electron chi connectivity index (χ2n) is 12.2. The van der Waals surface area contributed by atoms with Crippen LogP contribution in [0.5, 0.6) is 0 Å². The average Bonchev–Trinajstić information content (AvgIpc) is 3.89. The number of H-pyrrole nitrogens is 2. The number of nitrogens with one attached hydrogen (secondary N) is 2. The molecule has 1 amide bonds. The maximum Gasteiger partial charge on any atom is 0.410 e. The van der Waals surface area contributed by atoms with E-state index in [1.807, 2.05) is 30.3 Å². The topological polar surface area (TPSA) is 86.9 Å². The van der Waals surface area contributed by atoms with Crippen molar-refractivity contribution in [1.29, 1.82) is 0 Å². The van der Waals surface area contributed by atoms with Crippen LogP contribution in [0.4, 0.5) is 4.79 Å². The zero-order valence-electron chi connectivity index (χ0n) is 24.6. The molecule has 44 heavy (non-hydrogen) atoms. The third-order valence-corrected chi connectivity index (χ3v) is 9.30. The van der Waals surface area contributed by atoms with E-state index in [2.05, 4.69) is 70.6 Å². The van der Waals surface area contributed by atoms with Gasteiger partial charge in [0.25, 0.3) is 0 Å². The highest BCUT2D eigenvalue weighted by Crippen LogP contribution is 2.35. The van der Waals surface area contributed by atoms with Gasteiger partial charge in [-0.2, -0.15) is 0 Å². The van der Waals surface area contributed by atoms with Crippen molar-refractivity contribution in [3.8, 4) is 22.3 Å². The van der Waals surface area contributed by atoms with Gasteiger partial charge in [-0.25, -0.2) is 14.8 Å². The summed E-state index contributed by atoms with van der Waals surface area (Å²) >= 11 is 0. The van der Waals surface area contributed by atoms with Gasteiger partial charge in [-0.3, -0.25) is 4.90 Å². The average molecular weight is 582 g/mol. The van der Waals surface area contributed by atoms with Gasteiger partial charge in [0, 0.05) is 12.5 Å². The first kappa shape index (κ1) is 26.7. The van der Waals surface area contributed by atoms with E-state index in [4.69, 9.17) is 14.7 Å². The van der Waals surface area contributed by atoms with Crippen molar-refractivity contribution in [2.45, 2.75) is 57.1 Å². The summed E-state index contributed by atoms with van der Waals surface area (Å²) in [5.41, 5.74) is 9.63. The van der Waals surface area contributed by atoms with Crippen LogP contribution in [0.1, 0.15) is 67.7 Å². The lowest BCUT2D eigenvalue weighted by molar-refractivity contribution is 0.0910. The minimum atomic E-state index is -0.293. The molecule has 0 bridgehead atoms. The number of aromatic nitrogens is 4. The minimum absolute atomic E-state index is 0.116. The summed E-state index contributed by atoms with van der Waals surface area (Å²) in [5, 5.41) is 0. The third kappa shape index (κ3) is 5.12. The molecule has 1 atom stereocenters. The summed E-state index contributed by atoms with van der Waals surface area (Å²) in [4.78, 5) is 31.6. The van der Waals surface area contributed by atoms with Crippen LogP contribution in [0, 0.1) is 0 Å². The number of carbonyl (C=O) groups is 1. The van der Waals surface area contributed by atoms with E-state index >= 15 is 0 Å². The van der Waals surface area contributed by atoms with Crippen LogP contribution in [-0.4, -0.2) is 37.5 Å². The minimum Gasteiger partial charge on any atom is -0.445 e. The van der Waals surface area contributed by atoms with Gasteiger partial charge in [-0.15, -0.1) is 0 Å². The summed E-state index contributed by atoms with van der Waals surface area (Å²) in [6.45, 7) is 0.937. The first-order valence-corrected chi connectivity index (χ1v) is 15.8. The van der Waals surface area contributed by atoms with Gasteiger partial charge < -0.3 is 14.7 Å². The van der Waals surface area contributed by atoms with Crippen molar-refractivity contribution in [3.05, 3.63) is 108 Å². The zero-order valence-corrected chi connectivity index (χ0v) is 24.6. The molecule has 0 spiro atoms. The molecule has 7 heteroatoms. The number of carbonyl (C=O) groups excluding carboxylic acids is 1. The van der Waals surface area contributed by atoms with Crippen molar-refractivity contribution in [2.24, 2.45) is 0 Å². The first-order chi connectivity index (χ1) is 21.7. The maximum absolute atomic E-state index is 13.0. The lowest BCUT2D eigenvalue weighted by Gasteiger charge is -2.22. The van der Waals surface area contributed by atoms with Crippen LogP contribution in [0.3, 0.4) is 0 Å². The van der Waals surface area contributed by atoms with Crippen LogP contribution in [-0.2, 0) is 11.3 Å². The lowest BCUT2D eigenvalue weighted by Crippen LogP contribution is -2.31. The van der Waals surface area contributed by atoms with Crippen molar-refractivity contribution in [3.63, 3.8) is 0 Å². The Labute approximate surface area is 256 Å². The normalized spacial score (nSPS) is 17.2. The SMILES string of the molecule is O=C(OCc1ccccc1)N1CCCC1c1nc2ccc(-c3ccc(-c4ccc5nc(C6CCCC6)[nH]c5c4)cc3)cc2[nH]1. The number of fused-ring (bicyclic) bond motifs is 2. The largest absolute Gasteiger partial charge is 0.445 e. The molecule has 1 saturated heterocycles. The number of likely N-dealkylation sites (tertiary alicyclic amines) is 1. The molecule has 6 aromatic rings. The fraction of sp³-hybridized carbons (Fsp3) is 0.270. The van der Waals surface area contributed by atoms with Crippen LogP contribution in [0.15, 0.2) is 91.0 Å². The maximum atomic E-state index is 13.0. The first-order valence-electron chi connectivity index (χ1n) is 15.8. The number of benzene rings is 4. The predicted octanol–water partition coefficient (Wildman–Crippen LogP) is 8.90. The third-order valence-electron chi connectivity index (χ3n) is 9.30. The highest BCUT2D eigenvalue weighted by Gasteiger charge is 2.33. The van der Waals surface area contributed by atoms with E-state index in [1.54, 1.807) is 4.90 Å². The van der Waals surface area contributed by atoms with E-state index in [0.29, 0.717) is 12.5 Å². The highest BCUT2D eigenvalue weighted by molar-refractivity contribution is 5.85. The molecule has 4 aromatic carbocycles. The number of imidazole rings is 2. The van der Waals surface area contributed by atoms with E-state index in [0.717, 1.165) is 63.2 Å². The molecule has 2 N–H and O–H groups in total. The summed E-state index contributed by atoms with van der Waals surface area (Å²) in [6, 6.07) is 31.2. The molecule has 1 unspecified atom stereocenters. The molecule has 1 aliphatic carbocycles. The van der Waals surface area contributed by atoms with Crippen LogP contribution in [0.25, 0.3) is 44.3 Å².